The van der Waals surface area contributed by atoms with Crippen LogP contribution in [0.15, 0.2) is 41.5 Å². The summed E-state index contributed by atoms with van der Waals surface area (Å²) in [7, 11) is 0. The van der Waals surface area contributed by atoms with Crippen LogP contribution in [0, 0.1) is 0 Å². The van der Waals surface area contributed by atoms with Crippen molar-refractivity contribution < 1.29 is 9.90 Å². The zero-order valence-corrected chi connectivity index (χ0v) is 20.4. The number of nitrogens with one attached hydrogen (secondary N) is 1. The van der Waals surface area contributed by atoms with Crippen LogP contribution in [0.5, 0.6) is 0 Å². The number of aromatic nitrogens is 3. The first kappa shape index (κ1) is 23.9. The Labute approximate surface area is 207 Å². The lowest BCUT2D eigenvalue weighted by Crippen LogP contribution is -2.52. The van der Waals surface area contributed by atoms with Gasteiger partial charge in [0.15, 0.2) is 5.11 Å². The van der Waals surface area contributed by atoms with Gasteiger partial charge in [-0.05, 0) is 43.8 Å². The Bertz CT molecular complexity index is 1290. The van der Waals surface area contributed by atoms with Crippen molar-refractivity contribution in [2.24, 2.45) is 0 Å². The second kappa shape index (κ2) is 9.94. The van der Waals surface area contributed by atoms with Gasteiger partial charge in [0.05, 0.1) is 11.4 Å². The van der Waals surface area contributed by atoms with E-state index < -0.39 is 11.4 Å². The Hall–Kier alpha value is -3.24. The number of thiocarbonyl (C=S) groups is 1. The standard InChI is InChI=1S/C23H25ClN6O3S/c1-3-28-13-18(21(32)33)19(31)17-12-25-22(27-20(17)28)29-8-10-30(11-9-29)23(34)26-14(2)15-4-6-16(24)7-5-15/h4-7,12-14H,3,8-11H2,1-2H3,(H,26,34)(H,32,33). The van der Waals surface area contributed by atoms with Crippen LogP contribution in [0.2, 0.25) is 5.02 Å². The maximum atomic E-state index is 12.5. The van der Waals surface area contributed by atoms with Gasteiger partial charge in [0.2, 0.25) is 11.4 Å². The van der Waals surface area contributed by atoms with Gasteiger partial charge in [-0.2, -0.15) is 4.98 Å². The first-order valence-corrected chi connectivity index (χ1v) is 11.8. The van der Waals surface area contributed by atoms with Gasteiger partial charge in [0.1, 0.15) is 11.2 Å². The van der Waals surface area contributed by atoms with Gasteiger partial charge in [-0.15, -0.1) is 0 Å². The molecular weight excluding hydrogens is 476 g/mol. The molecule has 1 aliphatic rings. The third kappa shape index (κ3) is 4.83. The van der Waals surface area contributed by atoms with Crippen molar-refractivity contribution in [2.75, 3.05) is 31.1 Å². The summed E-state index contributed by atoms with van der Waals surface area (Å²) in [5.41, 5.74) is 0.671. The smallest absolute Gasteiger partial charge is 0.341 e. The first-order valence-electron chi connectivity index (χ1n) is 11.0. The number of hydrogen-bond acceptors (Lipinski definition) is 6. The van der Waals surface area contributed by atoms with Crippen molar-refractivity contribution in [1.29, 1.82) is 0 Å². The van der Waals surface area contributed by atoms with Crippen molar-refractivity contribution in [2.45, 2.75) is 26.4 Å². The molecular formula is C23H25ClN6O3S. The molecule has 0 aliphatic carbocycles. The van der Waals surface area contributed by atoms with E-state index in [9.17, 15) is 14.7 Å². The van der Waals surface area contributed by atoms with E-state index in [1.807, 2.05) is 36.1 Å². The number of nitrogens with zero attached hydrogens (tertiary/aromatic N) is 5. The molecule has 1 atom stereocenters. The Morgan fingerprint density at radius 1 is 1.24 bits per heavy atom. The zero-order chi connectivity index (χ0) is 24.4. The minimum atomic E-state index is -1.26. The summed E-state index contributed by atoms with van der Waals surface area (Å²) in [5.74, 6) is -0.755. The number of carbonyl (C=O) groups is 1. The number of carboxylic acids is 1. The molecule has 2 aromatic heterocycles. The largest absolute Gasteiger partial charge is 0.477 e. The van der Waals surface area contributed by atoms with E-state index in [0.717, 1.165) is 5.56 Å². The summed E-state index contributed by atoms with van der Waals surface area (Å²) >= 11 is 11.6. The number of fused-ring (bicyclic) bond motifs is 1. The highest BCUT2D eigenvalue weighted by Gasteiger charge is 2.23. The highest BCUT2D eigenvalue weighted by atomic mass is 35.5. The molecule has 34 heavy (non-hydrogen) atoms. The molecule has 3 aromatic rings. The van der Waals surface area contributed by atoms with Crippen LogP contribution in [0.1, 0.15) is 35.8 Å². The average Bonchev–Trinajstić information content (AvgIpc) is 2.84. The molecule has 1 unspecified atom stereocenters. The number of pyridine rings is 1. The number of hydrogen-bond donors (Lipinski definition) is 2. The number of carboxylic acid groups (broad SMARTS) is 1. The monoisotopic (exact) mass is 500 g/mol. The molecule has 11 heteroatoms. The molecule has 1 aliphatic heterocycles. The van der Waals surface area contributed by atoms with Crippen LogP contribution in [-0.2, 0) is 6.54 Å². The zero-order valence-electron chi connectivity index (χ0n) is 18.9. The van der Waals surface area contributed by atoms with Crippen molar-refractivity contribution >= 4 is 51.9 Å². The van der Waals surface area contributed by atoms with Crippen LogP contribution < -0.4 is 15.6 Å². The summed E-state index contributed by atoms with van der Waals surface area (Å²) in [6.45, 7) is 7.11. The van der Waals surface area contributed by atoms with Crippen LogP contribution in [0.3, 0.4) is 0 Å². The van der Waals surface area contributed by atoms with Crippen LogP contribution in [0.4, 0.5) is 5.95 Å². The number of piperazine rings is 1. The van der Waals surface area contributed by atoms with E-state index in [1.165, 1.54) is 12.4 Å². The molecule has 3 heterocycles. The third-order valence-corrected chi connectivity index (χ3v) is 6.56. The van der Waals surface area contributed by atoms with Crippen LogP contribution >= 0.6 is 23.8 Å². The molecule has 4 rings (SSSR count). The van der Waals surface area contributed by atoms with E-state index in [1.54, 1.807) is 4.57 Å². The molecule has 0 amide bonds. The van der Waals surface area contributed by atoms with E-state index >= 15 is 0 Å². The molecule has 178 valence electrons. The van der Waals surface area contributed by atoms with Crippen LogP contribution in [-0.4, -0.2) is 61.8 Å². The molecule has 0 saturated carbocycles. The summed E-state index contributed by atoms with van der Waals surface area (Å²) in [4.78, 5) is 37.1. The van der Waals surface area contributed by atoms with Gasteiger partial charge in [0, 0.05) is 50.1 Å². The molecule has 1 aromatic carbocycles. The molecule has 9 nitrogen and oxygen atoms in total. The Balaban J connectivity index is 1.45. The molecule has 2 N–H and O–H groups in total. The SMILES string of the molecule is CCn1cc(C(=O)O)c(=O)c2cnc(N3CCN(C(=S)NC(C)c4ccc(Cl)cc4)CC3)nc21. The molecule has 0 spiro atoms. The lowest BCUT2D eigenvalue weighted by Gasteiger charge is -2.37. The summed E-state index contributed by atoms with van der Waals surface area (Å²) in [5, 5.41) is 14.3. The second-order valence-corrected chi connectivity index (χ2v) is 8.89. The van der Waals surface area contributed by atoms with E-state index in [-0.39, 0.29) is 17.0 Å². The Morgan fingerprint density at radius 3 is 2.53 bits per heavy atom. The van der Waals surface area contributed by atoms with E-state index in [2.05, 4.69) is 27.1 Å². The van der Waals surface area contributed by atoms with Gasteiger partial charge in [-0.3, -0.25) is 4.79 Å². The second-order valence-electron chi connectivity index (χ2n) is 8.07. The number of aryl methyl sites for hydroxylation is 1. The van der Waals surface area contributed by atoms with Gasteiger partial charge >= 0.3 is 5.97 Å². The fourth-order valence-electron chi connectivity index (χ4n) is 3.93. The highest BCUT2D eigenvalue weighted by Crippen LogP contribution is 2.18. The minimum Gasteiger partial charge on any atom is -0.477 e. The molecule has 1 saturated heterocycles. The minimum absolute atomic E-state index is 0.0492. The number of rotatable bonds is 5. The van der Waals surface area contributed by atoms with Gasteiger partial charge in [-0.25, -0.2) is 9.78 Å². The van der Waals surface area contributed by atoms with Gasteiger partial charge in [-0.1, -0.05) is 23.7 Å². The van der Waals surface area contributed by atoms with Crippen molar-refractivity contribution in [1.82, 2.24) is 24.8 Å². The summed E-state index contributed by atoms with van der Waals surface area (Å²) in [6.07, 6.45) is 2.76. The number of aromatic carboxylic acids is 1. The lowest BCUT2D eigenvalue weighted by atomic mass is 10.1. The number of halogens is 1. The summed E-state index contributed by atoms with van der Waals surface area (Å²) < 4.78 is 1.67. The average molecular weight is 501 g/mol. The van der Waals surface area contributed by atoms with Crippen LogP contribution in [0.25, 0.3) is 11.0 Å². The number of benzene rings is 1. The van der Waals surface area contributed by atoms with E-state index in [4.69, 9.17) is 23.8 Å². The van der Waals surface area contributed by atoms with Gasteiger partial charge in [0.25, 0.3) is 0 Å². The topological polar surface area (TPSA) is 104 Å². The van der Waals surface area contributed by atoms with Crippen molar-refractivity contribution in [3.63, 3.8) is 0 Å². The van der Waals surface area contributed by atoms with Gasteiger partial charge < -0.3 is 24.8 Å². The lowest BCUT2D eigenvalue weighted by molar-refractivity contribution is 0.0695. The predicted molar refractivity (Wildman–Crippen MR) is 136 cm³/mol. The normalized spacial score (nSPS) is 14.8. The maximum absolute atomic E-state index is 12.5. The molecule has 0 bridgehead atoms. The predicted octanol–water partition coefficient (Wildman–Crippen LogP) is 2.92. The first-order chi connectivity index (χ1) is 16.3. The van der Waals surface area contributed by atoms with Crippen molar-refractivity contribution in [3.8, 4) is 0 Å². The fraction of sp³-hybridized carbons (Fsp3) is 0.348. The molecule has 1 fully saturated rings. The Kier molecular flexibility index (Phi) is 6.99. The highest BCUT2D eigenvalue weighted by molar-refractivity contribution is 7.80. The molecule has 0 radical (unpaired) electrons. The number of anilines is 1. The maximum Gasteiger partial charge on any atom is 0.341 e. The third-order valence-electron chi connectivity index (χ3n) is 5.93. The Morgan fingerprint density at radius 2 is 1.91 bits per heavy atom. The fourth-order valence-corrected chi connectivity index (χ4v) is 4.42. The summed E-state index contributed by atoms with van der Waals surface area (Å²) in [6, 6.07) is 7.73. The quantitative estimate of drug-likeness (QED) is 0.511. The van der Waals surface area contributed by atoms with E-state index in [0.29, 0.717) is 54.5 Å². The van der Waals surface area contributed by atoms with Crippen molar-refractivity contribution in [3.05, 3.63) is 63.0 Å².